The van der Waals surface area contributed by atoms with E-state index in [1.807, 2.05) is 0 Å². The zero-order valence-electron chi connectivity index (χ0n) is 24.0. The van der Waals surface area contributed by atoms with Crippen molar-refractivity contribution >= 4 is 33.3 Å². The molecule has 3 aromatic heterocycles. The summed E-state index contributed by atoms with van der Waals surface area (Å²) in [7, 11) is 3.00. The maximum atomic E-state index is 14.8. The fraction of sp³-hybridized carbons (Fsp3) is 0.207. The van der Waals surface area contributed by atoms with Crippen LogP contribution in [0.15, 0.2) is 64.2 Å². The summed E-state index contributed by atoms with van der Waals surface area (Å²) in [4.78, 5) is 40.5. The quantitative estimate of drug-likeness (QED) is 0.200. The highest BCUT2D eigenvalue weighted by Crippen LogP contribution is 2.38. The van der Waals surface area contributed by atoms with Gasteiger partial charge < -0.3 is 20.7 Å². The number of fused-ring (bicyclic) bond motifs is 1. The summed E-state index contributed by atoms with van der Waals surface area (Å²) < 4.78 is 73.8. The maximum Gasteiger partial charge on any atom is 0.405 e. The number of ether oxygens (including phenoxy) is 1. The first kappa shape index (κ1) is 32.2. The Kier molecular flexibility index (Phi) is 9.15. The summed E-state index contributed by atoms with van der Waals surface area (Å²) in [6.07, 6.45) is -4.58. The fourth-order valence-electron chi connectivity index (χ4n) is 4.63. The Morgan fingerprint density at radius 1 is 0.978 bits per heavy atom. The zero-order valence-corrected chi connectivity index (χ0v) is 24.9. The van der Waals surface area contributed by atoms with Gasteiger partial charge in [0.2, 0.25) is 5.88 Å². The number of hydrogen-bond donors (Lipinski definition) is 3. The van der Waals surface area contributed by atoms with Gasteiger partial charge in [-0.1, -0.05) is 18.2 Å². The van der Waals surface area contributed by atoms with Crippen molar-refractivity contribution in [2.45, 2.75) is 19.3 Å². The van der Waals surface area contributed by atoms with E-state index >= 15 is 0 Å². The summed E-state index contributed by atoms with van der Waals surface area (Å²) in [5, 5.41) is 14.9. The van der Waals surface area contributed by atoms with Gasteiger partial charge in [-0.2, -0.15) is 13.2 Å². The summed E-state index contributed by atoms with van der Waals surface area (Å²) in [6, 6.07) is 11.0. The standard InChI is InChI=1S/C29H24F5N7O4S/c1-35-12-17-23-25(42)41(21-10-11-22(45-2)39-38-21)28(44)40(13-18-19(30)4-3-5-20(18)31)26(23)46-24(17)15-6-8-16(9-7-15)37-27(43)36-14-29(32,33)34/h3-11,35H,12-14H2,1-2H3,(H2,36,37,43). The number of nitrogens with zero attached hydrogens (tertiary/aromatic N) is 4. The van der Waals surface area contributed by atoms with E-state index in [4.69, 9.17) is 4.74 Å². The molecular weight excluding hydrogens is 637 g/mol. The number of carbonyl (C=O) groups is 1. The number of halogens is 5. The van der Waals surface area contributed by atoms with Crippen LogP contribution < -0.4 is 31.9 Å². The highest BCUT2D eigenvalue weighted by Gasteiger charge is 2.28. The molecule has 0 bridgehead atoms. The molecule has 0 fully saturated rings. The number of methoxy groups -OCH3 is 1. The number of amides is 2. The molecule has 5 rings (SSSR count). The molecule has 2 amide bonds. The molecule has 17 heteroatoms. The van der Waals surface area contributed by atoms with E-state index in [0.29, 0.717) is 16.0 Å². The number of nitrogens with one attached hydrogen (secondary N) is 3. The van der Waals surface area contributed by atoms with Gasteiger partial charge in [-0.25, -0.2) is 22.9 Å². The molecule has 0 radical (unpaired) electrons. The average Bonchev–Trinajstić information content (AvgIpc) is 3.39. The second kappa shape index (κ2) is 13.1. The Balaban J connectivity index is 1.68. The highest BCUT2D eigenvalue weighted by molar-refractivity contribution is 7.22. The monoisotopic (exact) mass is 661 g/mol. The van der Waals surface area contributed by atoms with Crippen LogP contribution in [-0.4, -0.2) is 52.2 Å². The summed E-state index contributed by atoms with van der Waals surface area (Å²) in [5.74, 6) is -1.81. The third-order valence-electron chi connectivity index (χ3n) is 6.72. The zero-order chi connectivity index (χ0) is 33.2. The Morgan fingerprint density at radius 3 is 2.26 bits per heavy atom. The molecule has 240 valence electrons. The molecule has 3 heterocycles. The van der Waals surface area contributed by atoms with Crippen LogP contribution in [0.2, 0.25) is 0 Å². The lowest BCUT2D eigenvalue weighted by Crippen LogP contribution is -2.39. The first-order valence-corrected chi connectivity index (χ1v) is 14.2. The lowest BCUT2D eigenvalue weighted by atomic mass is 10.1. The topological polar surface area (TPSA) is 132 Å². The second-order valence-corrected chi connectivity index (χ2v) is 10.8. The van der Waals surface area contributed by atoms with Gasteiger partial charge in [0.25, 0.3) is 5.56 Å². The van der Waals surface area contributed by atoms with Crippen molar-refractivity contribution in [3.05, 3.63) is 98.2 Å². The number of thiophene rings is 1. The van der Waals surface area contributed by atoms with Crippen molar-refractivity contribution in [1.82, 2.24) is 30.0 Å². The number of rotatable bonds is 9. The van der Waals surface area contributed by atoms with E-state index in [9.17, 15) is 36.3 Å². The van der Waals surface area contributed by atoms with E-state index in [1.165, 1.54) is 37.4 Å². The smallest absolute Gasteiger partial charge is 0.405 e. The first-order chi connectivity index (χ1) is 21.9. The molecule has 11 nitrogen and oxygen atoms in total. The van der Waals surface area contributed by atoms with Crippen LogP contribution in [0.4, 0.5) is 32.4 Å². The van der Waals surface area contributed by atoms with E-state index in [0.717, 1.165) is 32.6 Å². The lowest BCUT2D eigenvalue weighted by Gasteiger charge is -2.13. The molecule has 0 unspecified atom stereocenters. The maximum absolute atomic E-state index is 14.8. The Morgan fingerprint density at radius 2 is 1.67 bits per heavy atom. The molecule has 0 saturated carbocycles. The molecule has 46 heavy (non-hydrogen) atoms. The molecule has 3 N–H and O–H groups in total. The fourth-order valence-corrected chi connectivity index (χ4v) is 5.94. The summed E-state index contributed by atoms with van der Waals surface area (Å²) in [5.41, 5.74) is -0.911. The van der Waals surface area contributed by atoms with Gasteiger partial charge in [-0.05, 0) is 48.5 Å². The van der Waals surface area contributed by atoms with Gasteiger partial charge >= 0.3 is 17.9 Å². The molecule has 0 aliphatic heterocycles. The van der Waals surface area contributed by atoms with Crippen LogP contribution in [0.1, 0.15) is 11.1 Å². The van der Waals surface area contributed by atoms with E-state index in [-0.39, 0.29) is 34.1 Å². The van der Waals surface area contributed by atoms with Gasteiger partial charge in [0.1, 0.15) is 23.0 Å². The Labute approximate surface area is 260 Å². The van der Waals surface area contributed by atoms with Crippen molar-refractivity contribution in [2.75, 3.05) is 26.0 Å². The number of benzene rings is 2. The minimum Gasteiger partial charge on any atom is -0.480 e. The van der Waals surface area contributed by atoms with Crippen LogP contribution in [-0.2, 0) is 13.1 Å². The van der Waals surface area contributed by atoms with Gasteiger partial charge in [-0.15, -0.1) is 21.5 Å². The third kappa shape index (κ3) is 6.59. The third-order valence-corrected chi connectivity index (χ3v) is 8.03. The number of urea groups is 1. The van der Waals surface area contributed by atoms with E-state index in [2.05, 4.69) is 20.8 Å². The largest absolute Gasteiger partial charge is 0.480 e. The SMILES string of the molecule is CNCc1c(-c2ccc(NC(=O)NCC(F)(F)F)cc2)sc2c1c(=O)n(-c1ccc(OC)nn1)c(=O)n2Cc1c(F)cccc1F. The molecule has 0 saturated heterocycles. The molecule has 0 aliphatic rings. The summed E-state index contributed by atoms with van der Waals surface area (Å²) in [6.45, 7) is -1.94. The van der Waals surface area contributed by atoms with Crippen LogP contribution in [0, 0.1) is 11.6 Å². The molecule has 0 atom stereocenters. The van der Waals surface area contributed by atoms with Crippen LogP contribution >= 0.6 is 11.3 Å². The summed E-state index contributed by atoms with van der Waals surface area (Å²) >= 11 is 1.03. The van der Waals surface area contributed by atoms with Gasteiger partial charge in [0.15, 0.2) is 5.82 Å². The van der Waals surface area contributed by atoms with Crippen molar-refractivity contribution in [1.29, 1.82) is 0 Å². The van der Waals surface area contributed by atoms with Crippen molar-refractivity contribution < 1.29 is 31.5 Å². The predicted octanol–water partition coefficient (Wildman–Crippen LogP) is 4.41. The number of anilines is 1. The van der Waals surface area contributed by atoms with Crippen molar-refractivity contribution in [2.24, 2.45) is 0 Å². The van der Waals surface area contributed by atoms with Crippen LogP contribution in [0.25, 0.3) is 26.5 Å². The lowest BCUT2D eigenvalue weighted by molar-refractivity contribution is -0.122. The van der Waals surface area contributed by atoms with Crippen molar-refractivity contribution in [3.8, 4) is 22.1 Å². The molecule has 0 aliphatic carbocycles. The molecule has 5 aromatic rings. The minimum atomic E-state index is -4.58. The van der Waals surface area contributed by atoms with Crippen molar-refractivity contribution in [3.63, 3.8) is 0 Å². The van der Waals surface area contributed by atoms with Gasteiger partial charge in [-0.3, -0.25) is 9.36 Å². The second-order valence-electron chi connectivity index (χ2n) is 9.76. The highest BCUT2D eigenvalue weighted by atomic mass is 32.1. The average molecular weight is 662 g/mol. The number of hydrogen-bond acceptors (Lipinski definition) is 8. The minimum absolute atomic E-state index is 0.0806. The number of alkyl halides is 3. The normalized spacial score (nSPS) is 11.5. The van der Waals surface area contributed by atoms with Gasteiger partial charge in [0, 0.05) is 28.7 Å². The van der Waals surface area contributed by atoms with Crippen LogP contribution in [0.3, 0.4) is 0 Å². The van der Waals surface area contributed by atoms with Gasteiger partial charge in [0.05, 0.1) is 19.0 Å². The van der Waals surface area contributed by atoms with E-state index < -0.39 is 53.7 Å². The molecule has 2 aromatic carbocycles. The Hall–Kier alpha value is -5.16. The predicted molar refractivity (Wildman–Crippen MR) is 161 cm³/mol. The molecular formula is C29H24F5N7O4S. The first-order valence-electron chi connectivity index (χ1n) is 13.4. The van der Waals surface area contributed by atoms with Crippen LogP contribution in [0.5, 0.6) is 5.88 Å². The Bertz CT molecular complexity index is 2000. The van der Waals surface area contributed by atoms with E-state index in [1.54, 1.807) is 24.5 Å². The number of aromatic nitrogens is 4. The number of carbonyl (C=O) groups excluding carboxylic acids is 1. The molecule has 0 spiro atoms.